The fourth-order valence-corrected chi connectivity index (χ4v) is 2.01. The molecule has 0 aromatic heterocycles. The van der Waals surface area contributed by atoms with E-state index in [1.807, 2.05) is 55.3 Å². The molecule has 0 fully saturated rings. The largest absolute Gasteiger partial charge is 0.478 e. The molecule has 18 heavy (non-hydrogen) atoms. The molecule has 0 heterocycles. The Balaban J connectivity index is 2.46. The lowest BCUT2D eigenvalue weighted by Gasteiger charge is -2.22. The van der Waals surface area contributed by atoms with Gasteiger partial charge in [0.2, 0.25) is 0 Å². The van der Waals surface area contributed by atoms with Gasteiger partial charge < -0.3 is 10.0 Å². The van der Waals surface area contributed by atoms with E-state index in [2.05, 4.69) is 0 Å². The topological polar surface area (TPSA) is 40.5 Å². The molecule has 0 aliphatic carbocycles. The van der Waals surface area contributed by atoms with Crippen molar-refractivity contribution in [3.63, 3.8) is 0 Å². The first-order chi connectivity index (χ1) is 8.61. The van der Waals surface area contributed by atoms with E-state index in [9.17, 15) is 4.79 Å². The summed E-state index contributed by atoms with van der Waals surface area (Å²) in [5.41, 5.74) is 3.05. The van der Waals surface area contributed by atoms with Gasteiger partial charge >= 0.3 is 5.97 Å². The van der Waals surface area contributed by atoms with Crippen LogP contribution in [0, 0.1) is 6.92 Å². The Morgan fingerprint density at radius 3 is 2.33 bits per heavy atom. The summed E-state index contributed by atoms with van der Waals surface area (Å²) < 4.78 is 0. The van der Waals surface area contributed by atoms with Crippen LogP contribution in [0.1, 0.15) is 15.9 Å². The zero-order chi connectivity index (χ0) is 13.1. The van der Waals surface area contributed by atoms with Crippen molar-refractivity contribution >= 4 is 17.3 Å². The highest BCUT2D eigenvalue weighted by Gasteiger charge is 2.13. The molecule has 0 saturated heterocycles. The van der Waals surface area contributed by atoms with Crippen molar-refractivity contribution < 1.29 is 9.90 Å². The number of nitrogens with zero attached hydrogens (tertiary/aromatic N) is 1. The molecule has 0 aliphatic rings. The number of hydrogen-bond donors (Lipinski definition) is 1. The molecule has 0 unspecified atom stereocenters. The minimum absolute atomic E-state index is 0.343. The van der Waals surface area contributed by atoms with Gasteiger partial charge in [-0.2, -0.15) is 0 Å². The van der Waals surface area contributed by atoms with Gasteiger partial charge in [-0.15, -0.1) is 0 Å². The molecule has 92 valence electrons. The zero-order valence-electron chi connectivity index (χ0n) is 10.4. The molecule has 3 heteroatoms. The van der Waals surface area contributed by atoms with Gasteiger partial charge in [-0.1, -0.05) is 24.3 Å². The third-order valence-corrected chi connectivity index (χ3v) is 3.04. The Labute approximate surface area is 106 Å². The van der Waals surface area contributed by atoms with E-state index in [1.165, 1.54) is 0 Å². The van der Waals surface area contributed by atoms with Crippen LogP contribution in [0.25, 0.3) is 0 Å². The lowest BCUT2D eigenvalue weighted by Crippen LogP contribution is -2.12. The van der Waals surface area contributed by atoms with Gasteiger partial charge in [0, 0.05) is 18.4 Å². The van der Waals surface area contributed by atoms with Crippen molar-refractivity contribution in [1.29, 1.82) is 0 Å². The van der Waals surface area contributed by atoms with Crippen molar-refractivity contribution in [2.45, 2.75) is 6.92 Å². The predicted octanol–water partition coefficient (Wildman–Crippen LogP) is 3.46. The number of aromatic carboxylic acids is 1. The lowest BCUT2D eigenvalue weighted by molar-refractivity contribution is 0.0696. The van der Waals surface area contributed by atoms with E-state index in [0.717, 1.165) is 16.9 Å². The number of benzene rings is 2. The van der Waals surface area contributed by atoms with Crippen LogP contribution >= 0.6 is 0 Å². The quantitative estimate of drug-likeness (QED) is 0.894. The van der Waals surface area contributed by atoms with Gasteiger partial charge in [0.25, 0.3) is 0 Å². The third-order valence-electron chi connectivity index (χ3n) is 3.04. The molecular formula is C15H15NO2. The van der Waals surface area contributed by atoms with Crippen molar-refractivity contribution in [3.05, 3.63) is 59.7 Å². The second-order valence-corrected chi connectivity index (χ2v) is 4.15. The second-order valence-electron chi connectivity index (χ2n) is 4.15. The van der Waals surface area contributed by atoms with Crippen LogP contribution in [0.15, 0.2) is 48.5 Å². The average molecular weight is 241 g/mol. The summed E-state index contributed by atoms with van der Waals surface area (Å²) in [7, 11) is 1.93. The summed E-state index contributed by atoms with van der Waals surface area (Å²) >= 11 is 0. The molecule has 0 bridgehead atoms. The summed E-state index contributed by atoms with van der Waals surface area (Å²) in [6.45, 7) is 1.83. The summed E-state index contributed by atoms with van der Waals surface area (Å²) in [4.78, 5) is 13.1. The lowest BCUT2D eigenvalue weighted by atomic mass is 10.1. The van der Waals surface area contributed by atoms with Crippen LogP contribution in [0.3, 0.4) is 0 Å². The summed E-state index contributed by atoms with van der Waals surface area (Å²) in [6, 6.07) is 15.2. The van der Waals surface area contributed by atoms with Gasteiger partial charge in [-0.05, 0) is 36.8 Å². The second kappa shape index (κ2) is 4.92. The number of carboxylic acid groups (broad SMARTS) is 1. The van der Waals surface area contributed by atoms with Gasteiger partial charge in [0.05, 0.1) is 5.56 Å². The highest BCUT2D eigenvalue weighted by molar-refractivity contribution is 5.91. The minimum Gasteiger partial charge on any atom is -0.478 e. The first-order valence-corrected chi connectivity index (χ1v) is 5.73. The van der Waals surface area contributed by atoms with Gasteiger partial charge in [0.15, 0.2) is 0 Å². The van der Waals surface area contributed by atoms with Gasteiger partial charge in [-0.3, -0.25) is 0 Å². The molecule has 1 N–H and O–H groups in total. The van der Waals surface area contributed by atoms with Crippen molar-refractivity contribution in [1.82, 2.24) is 0 Å². The Hall–Kier alpha value is -2.29. The standard InChI is InChI=1S/C15H15NO2/c1-11-13(15(17)18)9-6-10-14(11)16(2)12-7-4-3-5-8-12/h3-10H,1-2H3,(H,17,18). The van der Waals surface area contributed by atoms with E-state index in [4.69, 9.17) is 5.11 Å². The van der Waals surface area contributed by atoms with E-state index in [-0.39, 0.29) is 0 Å². The molecule has 0 radical (unpaired) electrons. The summed E-state index contributed by atoms with van der Waals surface area (Å²) in [5.74, 6) is -0.893. The first-order valence-electron chi connectivity index (χ1n) is 5.73. The molecule has 0 atom stereocenters. The number of carboxylic acids is 1. The highest BCUT2D eigenvalue weighted by atomic mass is 16.4. The normalized spacial score (nSPS) is 10.1. The molecule has 0 aliphatic heterocycles. The SMILES string of the molecule is Cc1c(C(=O)O)cccc1N(C)c1ccccc1. The molecule has 0 amide bonds. The fourth-order valence-electron chi connectivity index (χ4n) is 2.01. The third kappa shape index (κ3) is 2.20. The monoisotopic (exact) mass is 241 g/mol. The maximum Gasteiger partial charge on any atom is 0.336 e. The van der Waals surface area contributed by atoms with E-state index < -0.39 is 5.97 Å². The first kappa shape index (κ1) is 12.2. The maximum absolute atomic E-state index is 11.1. The van der Waals surface area contributed by atoms with Crippen molar-refractivity contribution in [3.8, 4) is 0 Å². The van der Waals surface area contributed by atoms with Gasteiger partial charge in [0.1, 0.15) is 0 Å². The maximum atomic E-state index is 11.1. The van der Waals surface area contributed by atoms with Crippen LogP contribution in [0.2, 0.25) is 0 Å². The van der Waals surface area contributed by atoms with Gasteiger partial charge in [-0.25, -0.2) is 4.79 Å². The van der Waals surface area contributed by atoms with Crippen LogP contribution in [-0.2, 0) is 0 Å². The Morgan fingerprint density at radius 1 is 1.06 bits per heavy atom. The van der Waals surface area contributed by atoms with E-state index in [1.54, 1.807) is 12.1 Å². The molecule has 3 nitrogen and oxygen atoms in total. The average Bonchev–Trinajstić information content (AvgIpc) is 2.39. The molecule has 2 aromatic rings. The number of anilines is 2. The van der Waals surface area contributed by atoms with Crippen LogP contribution < -0.4 is 4.90 Å². The smallest absolute Gasteiger partial charge is 0.336 e. The number of carbonyl (C=O) groups is 1. The highest BCUT2D eigenvalue weighted by Crippen LogP contribution is 2.28. The predicted molar refractivity (Wildman–Crippen MR) is 72.6 cm³/mol. The molecule has 2 aromatic carbocycles. The molecule has 0 saturated carbocycles. The molecule has 2 rings (SSSR count). The molecule has 0 spiro atoms. The Kier molecular flexibility index (Phi) is 3.33. The van der Waals surface area contributed by atoms with Crippen molar-refractivity contribution in [2.24, 2.45) is 0 Å². The number of para-hydroxylation sites is 1. The summed E-state index contributed by atoms with van der Waals surface area (Å²) in [6.07, 6.45) is 0. The summed E-state index contributed by atoms with van der Waals surface area (Å²) in [5, 5.41) is 9.12. The zero-order valence-corrected chi connectivity index (χ0v) is 10.4. The van der Waals surface area contributed by atoms with Crippen LogP contribution in [0.4, 0.5) is 11.4 Å². The van der Waals surface area contributed by atoms with E-state index in [0.29, 0.717) is 5.56 Å². The van der Waals surface area contributed by atoms with E-state index >= 15 is 0 Å². The minimum atomic E-state index is -0.893. The number of rotatable bonds is 3. The van der Waals surface area contributed by atoms with Crippen molar-refractivity contribution in [2.75, 3.05) is 11.9 Å². The van der Waals surface area contributed by atoms with Crippen LogP contribution in [0.5, 0.6) is 0 Å². The Bertz CT molecular complexity index is 564. The number of hydrogen-bond acceptors (Lipinski definition) is 2. The fraction of sp³-hybridized carbons (Fsp3) is 0.133. The Morgan fingerprint density at radius 2 is 1.72 bits per heavy atom. The molecular weight excluding hydrogens is 226 g/mol. The van der Waals surface area contributed by atoms with Crippen LogP contribution in [-0.4, -0.2) is 18.1 Å².